The van der Waals surface area contributed by atoms with Crippen LogP contribution in [0.2, 0.25) is 0 Å². The molecule has 0 atom stereocenters. The summed E-state index contributed by atoms with van der Waals surface area (Å²) in [6, 6.07) is 0. The molecule has 0 aromatic rings. The van der Waals surface area contributed by atoms with Crippen LogP contribution in [0.15, 0.2) is 0 Å². The molecule has 0 fully saturated rings. The molecule has 0 radical (unpaired) electrons. The van der Waals surface area contributed by atoms with E-state index in [1.54, 1.807) is 0 Å². The third kappa shape index (κ3) is 1090. The Morgan fingerprint density at radius 1 is 0.471 bits per heavy atom. The first-order valence-corrected chi connectivity index (χ1v) is 6.00. The van der Waals surface area contributed by atoms with Gasteiger partial charge in [-0.25, -0.2) is 0 Å². The van der Waals surface area contributed by atoms with Gasteiger partial charge in [0.25, 0.3) is 0 Å². The maximum atomic E-state index is 8.52. The van der Waals surface area contributed by atoms with Crippen LogP contribution < -0.4 is 0 Å². The second-order valence-electron chi connectivity index (χ2n) is 1.22. The van der Waals surface area contributed by atoms with E-state index in [1.807, 2.05) is 0 Å². The van der Waals surface area contributed by atoms with E-state index in [1.165, 1.54) is 0 Å². The van der Waals surface area contributed by atoms with Gasteiger partial charge in [-0.15, -0.1) is 0 Å². The molecule has 0 heterocycles. The van der Waals surface area contributed by atoms with Gasteiger partial charge in [0.2, 0.25) is 0 Å². The van der Waals surface area contributed by atoms with Gasteiger partial charge in [0.05, 0.1) is 0 Å². The van der Waals surface area contributed by atoms with Gasteiger partial charge >= 0.3 is 75.1 Å². The predicted molar refractivity (Wildman–Crippen MR) is 37.2 cm³/mol. The van der Waals surface area contributed by atoms with Crippen LogP contribution in [0.5, 0.6) is 0 Å². The van der Waals surface area contributed by atoms with E-state index in [4.69, 9.17) is 52.6 Å². The van der Waals surface area contributed by atoms with Crippen molar-refractivity contribution in [3.05, 3.63) is 0 Å². The van der Waals surface area contributed by atoms with E-state index in [0.717, 1.165) is 0 Å². The van der Waals surface area contributed by atoms with Crippen LogP contribution >= 0.6 is 0 Å². The summed E-state index contributed by atoms with van der Waals surface area (Å²) < 4.78 is 102. The Kier molecular flexibility index (Phi) is 24.2. The molecule has 0 bridgehead atoms. The van der Waals surface area contributed by atoms with E-state index in [9.17, 15) is 0 Å². The van der Waals surface area contributed by atoms with E-state index in [0.29, 0.717) is 0 Å². The molecule has 0 spiro atoms. The van der Waals surface area contributed by atoms with Gasteiger partial charge in [0.15, 0.2) is 0 Å². The maximum Gasteiger partial charge on any atom is 4.00 e. The third-order valence-corrected chi connectivity index (χ3v) is 0. The zero-order chi connectivity index (χ0) is 13.5. The molecule has 12 nitrogen and oxygen atoms in total. The average molecular weight is 517 g/mol. The summed E-state index contributed by atoms with van der Waals surface area (Å²) in [5.74, 6) is 0. The molecule has 0 saturated carbocycles. The zero-order valence-corrected chi connectivity index (χ0v) is 16.7. The van der Waals surface area contributed by atoms with E-state index in [2.05, 4.69) is 0 Å². The largest absolute Gasteiger partial charge is 4.00 e. The Labute approximate surface area is 156 Å². The Morgan fingerprint density at radius 3 is 0.471 bits per heavy atom. The normalized spacial score (nSPS) is 10.2. The Morgan fingerprint density at radius 2 is 0.471 bits per heavy atom. The minimum absolute atomic E-state index is 0. The fourth-order valence-electron chi connectivity index (χ4n) is 0. The van der Waals surface area contributed by atoms with Crippen LogP contribution in [0.3, 0.4) is 0 Å². The zero-order valence-electron chi connectivity index (χ0n) is 7.33. The van der Waals surface area contributed by atoms with Gasteiger partial charge in [0.1, 0.15) is 0 Å². The molecule has 0 aromatic carbocycles. The number of hydrogen-bond donors (Lipinski definition) is 0. The molecule has 96 valence electrons. The topological polar surface area (TPSA) is 241 Å². The van der Waals surface area contributed by atoms with Crippen molar-refractivity contribution in [2.45, 2.75) is 0 Å². The van der Waals surface area contributed by atoms with Crippen molar-refractivity contribution < 1.29 is 78.8 Å². The molecule has 0 aliphatic heterocycles. The van der Waals surface area contributed by atoms with Crippen LogP contribution in [0.25, 0.3) is 0 Å². The smallest absolute Gasteiger partial charge is 0.759 e. The minimum atomic E-state index is -5.17. The molecule has 0 N–H and O–H groups in total. The first-order chi connectivity index (χ1) is 6.00. The Bertz CT molecular complexity index is 343. The molecule has 0 aromatic heterocycles. The van der Waals surface area contributed by atoms with Gasteiger partial charge < -0.3 is 27.3 Å². The van der Waals surface area contributed by atoms with Gasteiger partial charge in [-0.1, -0.05) is 0 Å². The predicted octanol–water partition coefficient (Wildman–Crippen LogP) is -4.40. The molecule has 0 amide bonds. The molecular weight excluding hydrogens is 517 g/mol. The van der Waals surface area contributed by atoms with Crippen molar-refractivity contribution in [2.24, 2.45) is 0 Å². The maximum absolute atomic E-state index is 8.52. The van der Waals surface area contributed by atoms with Crippen molar-refractivity contribution >= 4 is 80.1 Å². The summed E-state index contributed by atoms with van der Waals surface area (Å²) in [6.45, 7) is 0. The molecule has 0 aliphatic rings. The van der Waals surface area contributed by atoms with Crippen LogP contribution in [0.1, 0.15) is 0 Å². The van der Waals surface area contributed by atoms with Crippen molar-refractivity contribution in [1.29, 1.82) is 0 Å². The SMILES string of the molecule is O=S(=O)([O-])[O-].O=S(=O)([O-])[O-].O=S(=O)([O-])[O-].[Ba+2].[Zr+4]. The Balaban J connectivity index is -0.0000000400. The number of rotatable bonds is 0. The first kappa shape index (κ1) is 31.5. The molecule has 0 unspecified atom stereocenters. The fourth-order valence-corrected chi connectivity index (χ4v) is 0. The standard InChI is InChI=1S/Ba.3H2O4S.Zr/c;3*1-5(2,3)4;/h;3*(H2,1,2,3,4);/q+2;;;;+4/p-6. The van der Waals surface area contributed by atoms with E-state index in [-0.39, 0.29) is 75.1 Å². The summed E-state index contributed by atoms with van der Waals surface area (Å²) in [5.41, 5.74) is 0. The molecule has 17 heteroatoms. The molecular formula is BaO12S3Zr. The number of hydrogen-bond acceptors (Lipinski definition) is 12. The summed E-state index contributed by atoms with van der Waals surface area (Å²) >= 11 is 0. The van der Waals surface area contributed by atoms with Gasteiger partial charge in [-0.3, -0.25) is 25.3 Å². The van der Waals surface area contributed by atoms with E-state index < -0.39 is 31.2 Å². The molecule has 0 saturated heterocycles. The van der Waals surface area contributed by atoms with Crippen molar-refractivity contribution in [3.8, 4) is 0 Å². The van der Waals surface area contributed by atoms with Gasteiger partial charge in [-0.2, -0.15) is 0 Å². The second-order valence-corrected chi connectivity index (χ2v) is 3.67. The summed E-state index contributed by atoms with van der Waals surface area (Å²) in [4.78, 5) is 0. The quantitative estimate of drug-likeness (QED) is 0.168. The summed E-state index contributed by atoms with van der Waals surface area (Å²) in [7, 11) is -15.5. The van der Waals surface area contributed by atoms with Crippen LogP contribution in [-0.4, -0.2) is 101 Å². The van der Waals surface area contributed by atoms with Crippen molar-refractivity contribution in [1.82, 2.24) is 0 Å². The third-order valence-electron chi connectivity index (χ3n) is 0. The second kappa shape index (κ2) is 13.1. The van der Waals surface area contributed by atoms with Crippen LogP contribution in [0, 0.1) is 0 Å². The fraction of sp³-hybridized carbons (Fsp3) is 0. The summed E-state index contributed by atoms with van der Waals surface area (Å²) in [5, 5.41) is 0. The Hall–Kier alpha value is 2.06. The molecule has 0 aliphatic carbocycles. The van der Waals surface area contributed by atoms with Gasteiger partial charge in [-0.05, 0) is 0 Å². The van der Waals surface area contributed by atoms with Crippen molar-refractivity contribution in [2.75, 3.05) is 0 Å². The minimum Gasteiger partial charge on any atom is -0.759 e. The van der Waals surface area contributed by atoms with Crippen LogP contribution in [-0.2, 0) is 57.4 Å². The van der Waals surface area contributed by atoms with Crippen LogP contribution in [0.4, 0.5) is 0 Å². The monoisotopic (exact) mass is 516 g/mol. The molecule has 17 heavy (non-hydrogen) atoms. The van der Waals surface area contributed by atoms with Crippen molar-refractivity contribution in [3.63, 3.8) is 0 Å². The first-order valence-electron chi connectivity index (χ1n) is 2.00. The van der Waals surface area contributed by atoms with Gasteiger partial charge in [0, 0.05) is 31.2 Å². The molecule has 0 rings (SSSR count). The van der Waals surface area contributed by atoms with E-state index >= 15 is 0 Å². The summed E-state index contributed by atoms with van der Waals surface area (Å²) in [6.07, 6.45) is 0. The average Bonchev–Trinajstić information content (AvgIpc) is 1.41.